The molecule has 0 unspecified atom stereocenters. The third-order valence-electron chi connectivity index (χ3n) is 3.50. The lowest BCUT2D eigenvalue weighted by atomic mass is 10.2. The molecule has 0 radical (unpaired) electrons. The average molecular weight is 393 g/mol. The van der Waals surface area contributed by atoms with Crippen LogP contribution >= 0.6 is 23.1 Å². The number of alkyl halides is 3. The number of aromatic nitrogens is 3. The number of hydrogen-bond donors (Lipinski definition) is 0. The highest BCUT2D eigenvalue weighted by Gasteiger charge is 2.30. The highest BCUT2D eigenvalue weighted by molar-refractivity contribution is 8.00. The van der Waals surface area contributed by atoms with Crippen LogP contribution in [0, 0.1) is 0 Å². The first kappa shape index (κ1) is 17.0. The van der Waals surface area contributed by atoms with Crippen LogP contribution < -0.4 is 0 Å². The predicted octanol–water partition coefficient (Wildman–Crippen LogP) is 5.66. The number of thiazole rings is 1. The van der Waals surface area contributed by atoms with E-state index in [0.717, 1.165) is 17.7 Å². The van der Waals surface area contributed by atoms with Crippen molar-refractivity contribution in [2.45, 2.75) is 16.3 Å². The number of hydrogen-bond acceptors (Lipinski definition) is 6. The Hall–Kier alpha value is -2.39. The number of benzene rings is 2. The van der Waals surface area contributed by atoms with Gasteiger partial charge >= 0.3 is 6.18 Å². The molecule has 4 rings (SSSR count). The fraction of sp³-hybridized carbons (Fsp3) is 0.118. The molecule has 0 saturated carbocycles. The molecule has 9 heteroatoms. The van der Waals surface area contributed by atoms with E-state index in [9.17, 15) is 13.2 Å². The van der Waals surface area contributed by atoms with Crippen molar-refractivity contribution in [3.63, 3.8) is 0 Å². The van der Waals surface area contributed by atoms with Gasteiger partial charge in [0.2, 0.25) is 11.8 Å². The molecule has 0 bridgehead atoms. The van der Waals surface area contributed by atoms with Crippen molar-refractivity contribution in [3.8, 4) is 11.5 Å². The summed E-state index contributed by atoms with van der Waals surface area (Å²) in [5, 5.41) is 8.01. The van der Waals surface area contributed by atoms with Gasteiger partial charge in [-0.2, -0.15) is 13.2 Å². The summed E-state index contributed by atoms with van der Waals surface area (Å²) >= 11 is 2.68. The third kappa shape index (κ3) is 3.58. The minimum absolute atomic E-state index is 0.336. The Morgan fingerprint density at radius 1 is 1.04 bits per heavy atom. The van der Waals surface area contributed by atoms with Gasteiger partial charge < -0.3 is 4.42 Å². The smallest absolute Gasteiger partial charge is 0.416 e. The minimum atomic E-state index is -4.37. The summed E-state index contributed by atoms with van der Waals surface area (Å²) in [6.07, 6.45) is -4.37. The summed E-state index contributed by atoms with van der Waals surface area (Å²) < 4.78 is 45.3. The van der Waals surface area contributed by atoms with Gasteiger partial charge in [0.25, 0.3) is 0 Å². The second-order valence-corrected chi connectivity index (χ2v) is 7.57. The quantitative estimate of drug-likeness (QED) is 0.419. The number of rotatable bonds is 4. The fourth-order valence-electron chi connectivity index (χ4n) is 2.28. The Bertz CT molecular complexity index is 1040. The van der Waals surface area contributed by atoms with Gasteiger partial charge in [-0.15, -0.1) is 21.5 Å². The number of nitrogens with zero attached hydrogens (tertiary/aromatic N) is 3. The zero-order valence-corrected chi connectivity index (χ0v) is 14.7. The Morgan fingerprint density at radius 3 is 2.62 bits per heavy atom. The Balaban J connectivity index is 1.49. The highest BCUT2D eigenvalue weighted by Crippen LogP contribution is 2.36. The summed E-state index contributed by atoms with van der Waals surface area (Å²) in [7, 11) is 0. The van der Waals surface area contributed by atoms with Crippen LogP contribution in [-0.2, 0) is 11.9 Å². The van der Waals surface area contributed by atoms with E-state index in [0.29, 0.717) is 32.1 Å². The molecule has 0 atom stereocenters. The minimum Gasteiger partial charge on any atom is -0.420 e. The molecular weight excluding hydrogens is 383 g/mol. The second-order valence-electron chi connectivity index (χ2n) is 5.32. The molecule has 0 fully saturated rings. The van der Waals surface area contributed by atoms with Crippen molar-refractivity contribution in [1.29, 1.82) is 0 Å². The van der Waals surface area contributed by atoms with Gasteiger partial charge in [0, 0.05) is 5.56 Å². The molecule has 132 valence electrons. The maximum Gasteiger partial charge on any atom is 0.416 e. The van der Waals surface area contributed by atoms with Crippen LogP contribution in [0.15, 0.2) is 57.3 Å². The van der Waals surface area contributed by atoms with E-state index in [1.54, 1.807) is 0 Å². The Kier molecular flexibility index (Phi) is 4.41. The van der Waals surface area contributed by atoms with Crippen molar-refractivity contribution in [3.05, 3.63) is 60.0 Å². The molecule has 4 aromatic rings. The first-order chi connectivity index (χ1) is 12.5. The van der Waals surface area contributed by atoms with E-state index >= 15 is 0 Å². The van der Waals surface area contributed by atoms with Crippen molar-refractivity contribution >= 4 is 33.3 Å². The van der Waals surface area contributed by atoms with Crippen LogP contribution in [0.25, 0.3) is 21.7 Å². The molecular formula is C17H10F3N3OS2. The van der Waals surface area contributed by atoms with Crippen molar-refractivity contribution in [2.24, 2.45) is 0 Å². The summed E-state index contributed by atoms with van der Waals surface area (Å²) in [6, 6.07) is 13.0. The van der Waals surface area contributed by atoms with Crippen LogP contribution in [0.3, 0.4) is 0 Å². The lowest BCUT2D eigenvalue weighted by Crippen LogP contribution is -2.03. The van der Waals surface area contributed by atoms with E-state index < -0.39 is 11.7 Å². The SMILES string of the molecule is FC(F)(F)c1ccc2sc(SCc3nnc(-c4ccccc4)o3)nc2c1. The molecule has 4 nitrogen and oxygen atoms in total. The fourth-order valence-corrected chi connectivity index (χ4v) is 4.16. The average Bonchev–Trinajstić information content (AvgIpc) is 3.26. The van der Waals surface area contributed by atoms with Gasteiger partial charge in [-0.25, -0.2) is 4.98 Å². The zero-order valence-electron chi connectivity index (χ0n) is 13.0. The maximum atomic E-state index is 12.8. The molecule has 2 aromatic heterocycles. The molecule has 0 spiro atoms. The van der Waals surface area contributed by atoms with Crippen molar-refractivity contribution in [1.82, 2.24) is 15.2 Å². The molecule has 0 amide bonds. The Labute approximate surface area is 154 Å². The zero-order chi connectivity index (χ0) is 18.1. The highest BCUT2D eigenvalue weighted by atomic mass is 32.2. The molecule has 0 saturated heterocycles. The molecule has 0 aliphatic carbocycles. The van der Waals surface area contributed by atoms with E-state index in [-0.39, 0.29) is 0 Å². The van der Waals surface area contributed by atoms with Crippen LogP contribution in [0.4, 0.5) is 13.2 Å². The predicted molar refractivity (Wildman–Crippen MR) is 93.9 cm³/mol. The van der Waals surface area contributed by atoms with E-state index in [1.807, 2.05) is 30.3 Å². The van der Waals surface area contributed by atoms with E-state index in [2.05, 4.69) is 15.2 Å². The Morgan fingerprint density at radius 2 is 1.85 bits per heavy atom. The number of fused-ring (bicyclic) bond motifs is 1. The third-order valence-corrected chi connectivity index (χ3v) is 5.67. The number of halogens is 3. The molecule has 2 heterocycles. The van der Waals surface area contributed by atoms with Gasteiger partial charge in [0.1, 0.15) is 0 Å². The lowest BCUT2D eigenvalue weighted by molar-refractivity contribution is -0.137. The first-order valence-electron chi connectivity index (χ1n) is 7.47. The summed E-state index contributed by atoms with van der Waals surface area (Å²) in [6.45, 7) is 0. The number of thioether (sulfide) groups is 1. The van der Waals surface area contributed by atoms with Gasteiger partial charge in [-0.05, 0) is 30.3 Å². The summed E-state index contributed by atoms with van der Waals surface area (Å²) in [5.41, 5.74) is 0.468. The van der Waals surface area contributed by atoms with Gasteiger partial charge in [0.05, 0.1) is 21.5 Å². The van der Waals surface area contributed by atoms with Crippen LogP contribution in [0.1, 0.15) is 11.5 Å². The largest absolute Gasteiger partial charge is 0.420 e. The molecule has 26 heavy (non-hydrogen) atoms. The van der Waals surface area contributed by atoms with Gasteiger partial charge in [0.15, 0.2) is 4.34 Å². The molecule has 2 aromatic carbocycles. The normalized spacial score (nSPS) is 12.0. The van der Waals surface area contributed by atoms with Crippen LogP contribution in [-0.4, -0.2) is 15.2 Å². The first-order valence-corrected chi connectivity index (χ1v) is 9.28. The van der Waals surface area contributed by atoms with Crippen molar-refractivity contribution in [2.75, 3.05) is 0 Å². The van der Waals surface area contributed by atoms with Gasteiger partial charge in [-0.1, -0.05) is 30.0 Å². The van der Waals surface area contributed by atoms with Crippen LogP contribution in [0.2, 0.25) is 0 Å². The second kappa shape index (κ2) is 6.73. The maximum absolute atomic E-state index is 12.8. The summed E-state index contributed by atoms with van der Waals surface area (Å²) in [5.74, 6) is 1.26. The van der Waals surface area contributed by atoms with Gasteiger partial charge in [-0.3, -0.25) is 0 Å². The van der Waals surface area contributed by atoms with Crippen molar-refractivity contribution < 1.29 is 17.6 Å². The van der Waals surface area contributed by atoms with Crippen LogP contribution in [0.5, 0.6) is 0 Å². The topological polar surface area (TPSA) is 51.8 Å². The van der Waals surface area contributed by atoms with E-state index in [1.165, 1.54) is 29.2 Å². The lowest BCUT2D eigenvalue weighted by Gasteiger charge is -2.04. The monoisotopic (exact) mass is 393 g/mol. The molecule has 0 aliphatic heterocycles. The molecule has 0 N–H and O–H groups in total. The standard InChI is InChI=1S/C17H10F3N3OS2/c18-17(19,20)11-6-7-13-12(8-11)21-16(26-13)25-9-14-22-23-15(24-14)10-4-2-1-3-5-10/h1-8H,9H2. The van der Waals surface area contributed by atoms with E-state index in [4.69, 9.17) is 4.42 Å². The summed E-state index contributed by atoms with van der Waals surface area (Å²) in [4.78, 5) is 4.26. The molecule has 0 aliphatic rings.